The summed E-state index contributed by atoms with van der Waals surface area (Å²) < 4.78 is 10.3. The minimum atomic E-state index is -0.0244. The van der Waals surface area contributed by atoms with Crippen LogP contribution in [0.3, 0.4) is 0 Å². The zero-order valence-corrected chi connectivity index (χ0v) is 11.2. The standard InChI is InChI=1S/C13H18ClNO3/c1-17-9-10-18-12-6-4-11(5-7-12)15-13(16)3-2-8-14/h4-7H,2-3,8-10H2,1H3,(H,15,16). The molecule has 1 aromatic rings. The monoisotopic (exact) mass is 271 g/mol. The molecule has 0 saturated heterocycles. The lowest BCUT2D eigenvalue weighted by Gasteiger charge is -2.07. The van der Waals surface area contributed by atoms with Crippen LogP contribution in [-0.2, 0) is 9.53 Å². The van der Waals surface area contributed by atoms with Crippen LogP contribution in [-0.4, -0.2) is 32.1 Å². The number of nitrogens with one attached hydrogen (secondary N) is 1. The second-order valence-corrected chi connectivity index (χ2v) is 4.08. The third kappa shape index (κ3) is 5.89. The number of carbonyl (C=O) groups is 1. The Balaban J connectivity index is 2.37. The molecule has 1 amide bonds. The van der Waals surface area contributed by atoms with Gasteiger partial charge in [0.1, 0.15) is 12.4 Å². The lowest BCUT2D eigenvalue weighted by Crippen LogP contribution is -2.11. The molecule has 0 aliphatic heterocycles. The van der Waals surface area contributed by atoms with Gasteiger partial charge in [-0.2, -0.15) is 0 Å². The average molecular weight is 272 g/mol. The van der Waals surface area contributed by atoms with Crippen molar-refractivity contribution in [3.05, 3.63) is 24.3 Å². The molecular formula is C13H18ClNO3. The van der Waals surface area contributed by atoms with Crippen LogP contribution in [0, 0.1) is 0 Å². The second-order valence-electron chi connectivity index (χ2n) is 3.71. The van der Waals surface area contributed by atoms with E-state index in [4.69, 9.17) is 21.1 Å². The van der Waals surface area contributed by atoms with Crippen molar-refractivity contribution in [3.8, 4) is 5.75 Å². The van der Waals surface area contributed by atoms with Crippen molar-refractivity contribution in [2.45, 2.75) is 12.8 Å². The van der Waals surface area contributed by atoms with E-state index in [1.807, 2.05) is 12.1 Å². The molecule has 0 atom stereocenters. The number of alkyl halides is 1. The first-order valence-electron chi connectivity index (χ1n) is 5.84. The highest BCUT2D eigenvalue weighted by Gasteiger charge is 2.02. The topological polar surface area (TPSA) is 47.6 Å². The Morgan fingerprint density at radius 2 is 2.00 bits per heavy atom. The summed E-state index contributed by atoms with van der Waals surface area (Å²) in [4.78, 5) is 11.4. The van der Waals surface area contributed by atoms with Crippen LogP contribution in [0.5, 0.6) is 5.75 Å². The summed E-state index contributed by atoms with van der Waals surface area (Å²) in [5, 5.41) is 2.79. The van der Waals surface area contributed by atoms with Gasteiger partial charge in [-0.15, -0.1) is 11.6 Å². The number of hydrogen-bond acceptors (Lipinski definition) is 3. The molecule has 5 heteroatoms. The molecule has 1 N–H and O–H groups in total. The Hall–Kier alpha value is -1.26. The largest absolute Gasteiger partial charge is 0.491 e. The van der Waals surface area contributed by atoms with E-state index in [1.165, 1.54) is 0 Å². The van der Waals surface area contributed by atoms with Crippen molar-refractivity contribution < 1.29 is 14.3 Å². The van der Waals surface area contributed by atoms with E-state index in [0.717, 1.165) is 11.4 Å². The average Bonchev–Trinajstić information content (AvgIpc) is 2.39. The molecular weight excluding hydrogens is 254 g/mol. The Bertz CT molecular complexity index is 354. The highest BCUT2D eigenvalue weighted by Crippen LogP contribution is 2.15. The fourth-order valence-corrected chi connectivity index (χ4v) is 1.46. The summed E-state index contributed by atoms with van der Waals surface area (Å²) >= 11 is 5.52. The molecule has 0 aliphatic carbocycles. The van der Waals surface area contributed by atoms with Gasteiger partial charge >= 0.3 is 0 Å². The molecule has 0 unspecified atom stereocenters. The van der Waals surface area contributed by atoms with Gasteiger partial charge in [-0.1, -0.05) is 0 Å². The summed E-state index contributed by atoms with van der Waals surface area (Å²) in [6.45, 7) is 1.06. The Kier molecular flexibility index (Phi) is 7.22. The third-order valence-corrected chi connectivity index (χ3v) is 2.50. The molecule has 0 fully saturated rings. The van der Waals surface area contributed by atoms with Crippen LogP contribution in [0.2, 0.25) is 0 Å². The molecule has 0 radical (unpaired) electrons. The SMILES string of the molecule is COCCOc1ccc(NC(=O)CCCCl)cc1. The molecule has 0 heterocycles. The Morgan fingerprint density at radius 1 is 1.28 bits per heavy atom. The van der Waals surface area contributed by atoms with E-state index in [1.54, 1.807) is 19.2 Å². The molecule has 18 heavy (non-hydrogen) atoms. The smallest absolute Gasteiger partial charge is 0.224 e. The number of hydrogen-bond donors (Lipinski definition) is 1. The minimum absolute atomic E-state index is 0.0244. The number of amides is 1. The molecule has 0 bridgehead atoms. The minimum Gasteiger partial charge on any atom is -0.491 e. The predicted molar refractivity (Wildman–Crippen MR) is 72.4 cm³/mol. The fraction of sp³-hybridized carbons (Fsp3) is 0.462. The van der Waals surface area contributed by atoms with Gasteiger partial charge in [0.2, 0.25) is 5.91 Å². The van der Waals surface area contributed by atoms with Crippen LogP contribution in [0.25, 0.3) is 0 Å². The zero-order valence-electron chi connectivity index (χ0n) is 10.4. The van der Waals surface area contributed by atoms with E-state index in [2.05, 4.69) is 5.32 Å². The number of halogens is 1. The predicted octanol–water partition coefficient (Wildman–Crippen LogP) is 2.67. The zero-order chi connectivity index (χ0) is 13.2. The molecule has 4 nitrogen and oxygen atoms in total. The first-order valence-corrected chi connectivity index (χ1v) is 6.37. The lowest BCUT2D eigenvalue weighted by atomic mass is 10.2. The quantitative estimate of drug-likeness (QED) is 0.584. The van der Waals surface area contributed by atoms with E-state index < -0.39 is 0 Å². The second kappa shape index (κ2) is 8.78. The van der Waals surface area contributed by atoms with Crippen molar-refractivity contribution >= 4 is 23.2 Å². The maximum atomic E-state index is 11.4. The number of anilines is 1. The highest BCUT2D eigenvalue weighted by molar-refractivity contribution is 6.18. The maximum absolute atomic E-state index is 11.4. The van der Waals surface area contributed by atoms with Gasteiger partial charge in [-0.05, 0) is 30.7 Å². The molecule has 0 aromatic heterocycles. The Labute approximate surface area is 112 Å². The maximum Gasteiger partial charge on any atom is 0.224 e. The summed E-state index contributed by atoms with van der Waals surface area (Å²) in [5.41, 5.74) is 0.758. The van der Waals surface area contributed by atoms with E-state index in [0.29, 0.717) is 31.9 Å². The first-order chi connectivity index (χ1) is 8.76. The number of ether oxygens (including phenoxy) is 2. The number of benzene rings is 1. The highest BCUT2D eigenvalue weighted by atomic mass is 35.5. The lowest BCUT2D eigenvalue weighted by molar-refractivity contribution is -0.116. The number of carbonyl (C=O) groups excluding carboxylic acids is 1. The van der Waals surface area contributed by atoms with Crippen molar-refractivity contribution in [2.75, 3.05) is 31.5 Å². The van der Waals surface area contributed by atoms with Gasteiger partial charge in [-0.25, -0.2) is 0 Å². The van der Waals surface area contributed by atoms with Crippen LogP contribution in [0.1, 0.15) is 12.8 Å². The molecule has 0 spiro atoms. The summed E-state index contributed by atoms with van der Waals surface area (Å²) in [6.07, 6.45) is 1.13. The fourth-order valence-electron chi connectivity index (χ4n) is 1.33. The van der Waals surface area contributed by atoms with Crippen molar-refractivity contribution in [3.63, 3.8) is 0 Å². The molecule has 0 saturated carbocycles. The van der Waals surface area contributed by atoms with E-state index in [-0.39, 0.29) is 5.91 Å². The number of methoxy groups -OCH3 is 1. The molecule has 1 aromatic carbocycles. The van der Waals surface area contributed by atoms with Gasteiger partial charge in [0.05, 0.1) is 6.61 Å². The van der Waals surface area contributed by atoms with Crippen LogP contribution >= 0.6 is 11.6 Å². The Morgan fingerprint density at radius 3 is 2.61 bits per heavy atom. The summed E-state index contributed by atoms with van der Waals surface area (Å²) in [5.74, 6) is 1.23. The van der Waals surface area contributed by atoms with Crippen LogP contribution in [0.15, 0.2) is 24.3 Å². The van der Waals surface area contributed by atoms with Gasteiger partial charge in [0.15, 0.2) is 0 Å². The summed E-state index contributed by atoms with van der Waals surface area (Å²) in [6, 6.07) is 7.24. The molecule has 0 aliphatic rings. The van der Waals surface area contributed by atoms with Crippen molar-refractivity contribution in [1.82, 2.24) is 0 Å². The van der Waals surface area contributed by atoms with Crippen LogP contribution in [0.4, 0.5) is 5.69 Å². The van der Waals surface area contributed by atoms with Gasteiger partial charge in [0, 0.05) is 25.1 Å². The number of rotatable bonds is 8. The van der Waals surface area contributed by atoms with E-state index >= 15 is 0 Å². The molecule has 100 valence electrons. The molecule has 1 rings (SSSR count). The van der Waals surface area contributed by atoms with Crippen molar-refractivity contribution in [2.24, 2.45) is 0 Å². The van der Waals surface area contributed by atoms with Crippen LogP contribution < -0.4 is 10.1 Å². The first kappa shape index (κ1) is 14.8. The van der Waals surface area contributed by atoms with Crippen molar-refractivity contribution in [1.29, 1.82) is 0 Å². The van der Waals surface area contributed by atoms with Gasteiger partial charge in [-0.3, -0.25) is 4.79 Å². The van der Waals surface area contributed by atoms with Gasteiger partial charge < -0.3 is 14.8 Å². The van der Waals surface area contributed by atoms with Gasteiger partial charge in [0.25, 0.3) is 0 Å². The normalized spacial score (nSPS) is 10.1. The van der Waals surface area contributed by atoms with E-state index in [9.17, 15) is 4.79 Å². The summed E-state index contributed by atoms with van der Waals surface area (Å²) in [7, 11) is 1.63. The third-order valence-electron chi connectivity index (χ3n) is 2.23.